The zero-order valence-corrected chi connectivity index (χ0v) is 13.6. The maximum atomic E-state index is 14.2. The number of halogens is 5. The van der Waals surface area contributed by atoms with Crippen molar-refractivity contribution < 1.29 is 18.3 Å². The van der Waals surface area contributed by atoms with Crippen LogP contribution >= 0.6 is 28.3 Å². The zero-order chi connectivity index (χ0) is 14.8. The highest BCUT2D eigenvalue weighted by Gasteiger charge is 2.45. The van der Waals surface area contributed by atoms with E-state index in [0.29, 0.717) is 26.2 Å². The van der Waals surface area contributed by atoms with Gasteiger partial charge in [0.1, 0.15) is 18.5 Å². The number of hydrogen-bond donors (Lipinski definition) is 2. The Balaban J connectivity index is 0.00000220. The number of hydrogen-bond acceptors (Lipinski definition) is 3. The monoisotopic (exact) mass is 388 g/mol. The van der Waals surface area contributed by atoms with E-state index in [-0.39, 0.29) is 22.4 Å². The van der Waals surface area contributed by atoms with Crippen LogP contribution in [0.25, 0.3) is 0 Å². The molecule has 0 spiro atoms. The summed E-state index contributed by atoms with van der Waals surface area (Å²) in [6.07, 6.45) is 0. The number of nitrogens with zero attached hydrogens (tertiary/aromatic N) is 1. The fourth-order valence-electron chi connectivity index (χ4n) is 2.45. The normalized spacial score (nSPS) is 18.1. The van der Waals surface area contributed by atoms with Crippen molar-refractivity contribution in [1.29, 1.82) is 0 Å². The molecule has 0 saturated carbocycles. The number of piperazine rings is 1. The molecule has 1 fully saturated rings. The van der Waals surface area contributed by atoms with Gasteiger partial charge in [0.2, 0.25) is 0 Å². The molecule has 0 radical (unpaired) electrons. The van der Waals surface area contributed by atoms with Crippen LogP contribution in [0.3, 0.4) is 0 Å². The van der Waals surface area contributed by atoms with E-state index in [2.05, 4.69) is 21.2 Å². The highest BCUT2D eigenvalue weighted by Crippen LogP contribution is 2.38. The Labute approximate surface area is 136 Å². The Morgan fingerprint density at radius 2 is 1.95 bits per heavy atom. The molecule has 0 amide bonds. The molecule has 21 heavy (non-hydrogen) atoms. The maximum Gasteiger partial charge on any atom is 0.290 e. The van der Waals surface area contributed by atoms with Crippen LogP contribution < -0.4 is 5.32 Å². The summed E-state index contributed by atoms with van der Waals surface area (Å²) in [4.78, 5) is 1.51. The highest BCUT2D eigenvalue weighted by molar-refractivity contribution is 9.10. The van der Waals surface area contributed by atoms with Crippen LogP contribution in [-0.2, 0) is 0 Å². The van der Waals surface area contributed by atoms with Crippen LogP contribution in [-0.4, -0.2) is 48.7 Å². The molecule has 3 nitrogen and oxygen atoms in total. The molecule has 1 aliphatic rings. The molecule has 0 aliphatic carbocycles. The van der Waals surface area contributed by atoms with Crippen molar-refractivity contribution in [3.8, 4) is 0 Å². The van der Waals surface area contributed by atoms with Crippen molar-refractivity contribution in [3.05, 3.63) is 34.1 Å². The second-order valence-corrected chi connectivity index (χ2v) is 5.61. The van der Waals surface area contributed by atoms with Crippen molar-refractivity contribution in [2.24, 2.45) is 0 Å². The molecule has 8 heteroatoms. The van der Waals surface area contributed by atoms with Crippen LogP contribution in [0.4, 0.5) is 13.2 Å². The van der Waals surface area contributed by atoms with Crippen molar-refractivity contribution in [3.63, 3.8) is 0 Å². The molecule has 2 rings (SSSR count). The van der Waals surface area contributed by atoms with Crippen LogP contribution in [0.5, 0.6) is 0 Å². The van der Waals surface area contributed by atoms with E-state index in [0.717, 1.165) is 0 Å². The Hall–Kier alpha value is -0.340. The third-order valence-electron chi connectivity index (χ3n) is 3.40. The Morgan fingerprint density at radius 1 is 1.33 bits per heavy atom. The standard InChI is InChI=1S/C13H16BrF3N2O.ClH/c14-10-3-1-2-9(11(10)15)12(13(16,17)8-20)19-6-4-18-5-7-19;/h1-3,12,18,20H,4-8H2;1H/t12-;/m0./s1. The van der Waals surface area contributed by atoms with Crippen molar-refractivity contribution in [1.82, 2.24) is 10.2 Å². The third kappa shape index (κ3) is 4.10. The Bertz CT molecular complexity index is 473. The lowest BCUT2D eigenvalue weighted by Gasteiger charge is -2.38. The van der Waals surface area contributed by atoms with E-state index in [1.807, 2.05) is 0 Å². The van der Waals surface area contributed by atoms with Crippen molar-refractivity contribution in [2.75, 3.05) is 32.8 Å². The average Bonchev–Trinajstić information content (AvgIpc) is 2.45. The first kappa shape index (κ1) is 18.7. The second kappa shape index (κ2) is 7.78. The van der Waals surface area contributed by atoms with Gasteiger partial charge >= 0.3 is 0 Å². The van der Waals surface area contributed by atoms with Gasteiger partial charge in [-0.25, -0.2) is 13.2 Å². The summed E-state index contributed by atoms with van der Waals surface area (Å²) >= 11 is 3.01. The maximum absolute atomic E-state index is 14.2. The summed E-state index contributed by atoms with van der Waals surface area (Å²) < 4.78 is 42.5. The van der Waals surface area contributed by atoms with Gasteiger partial charge in [-0.1, -0.05) is 12.1 Å². The van der Waals surface area contributed by atoms with Gasteiger partial charge in [-0.05, 0) is 22.0 Å². The van der Waals surface area contributed by atoms with E-state index < -0.39 is 24.4 Å². The zero-order valence-electron chi connectivity index (χ0n) is 11.2. The predicted molar refractivity (Wildman–Crippen MR) is 80.6 cm³/mol. The molecule has 1 aromatic rings. The molecular weight excluding hydrogens is 373 g/mol. The molecule has 1 atom stereocenters. The lowest BCUT2D eigenvalue weighted by Crippen LogP contribution is -2.51. The molecule has 0 aromatic heterocycles. The van der Waals surface area contributed by atoms with Gasteiger partial charge in [0, 0.05) is 31.7 Å². The van der Waals surface area contributed by atoms with E-state index in [9.17, 15) is 13.2 Å². The number of aliphatic hydroxyl groups excluding tert-OH is 1. The number of aliphatic hydroxyl groups is 1. The lowest BCUT2D eigenvalue weighted by molar-refractivity contribution is -0.119. The average molecular weight is 390 g/mol. The largest absolute Gasteiger partial charge is 0.390 e. The van der Waals surface area contributed by atoms with Gasteiger partial charge in [0.25, 0.3) is 5.92 Å². The van der Waals surface area contributed by atoms with Gasteiger partial charge in [-0.2, -0.15) is 0 Å². The van der Waals surface area contributed by atoms with Crippen molar-refractivity contribution >= 4 is 28.3 Å². The number of alkyl halides is 2. The van der Waals surface area contributed by atoms with E-state index in [1.54, 1.807) is 0 Å². The smallest absolute Gasteiger partial charge is 0.290 e. The third-order valence-corrected chi connectivity index (χ3v) is 4.02. The van der Waals surface area contributed by atoms with Crippen LogP contribution in [0.2, 0.25) is 0 Å². The SMILES string of the molecule is Cl.OCC(F)(F)[C@H](c1cccc(Br)c1F)N1CCNCC1. The van der Waals surface area contributed by atoms with E-state index >= 15 is 0 Å². The van der Waals surface area contributed by atoms with Gasteiger partial charge in [-0.15, -0.1) is 12.4 Å². The molecule has 0 bridgehead atoms. The predicted octanol–water partition coefficient (Wildman–Crippen LogP) is 2.58. The minimum absolute atomic E-state index is 0. The van der Waals surface area contributed by atoms with Crippen LogP contribution in [0, 0.1) is 5.82 Å². The molecule has 120 valence electrons. The molecular formula is C13H17BrClF3N2O. The number of rotatable bonds is 4. The molecule has 1 saturated heterocycles. The van der Waals surface area contributed by atoms with Gasteiger partial charge in [0.05, 0.1) is 4.47 Å². The number of benzene rings is 1. The minimum Gasteiger partial charge on any atom is -0.390 e. The molecule has 0 unspecified atom stereocenters. The molecule has 2 N–H and O–H groups in total. The summed E-state index contributed by atoms with van der Waals surface area (Å²) in [5, 5.41) is 12.1. The van der Waals surface area contributed by atoms with Gasteiger partial charge < -0.3 is 10.4 Å². The molecule has 1 aliphatic heterocycles. The minimum atomic E-state index is -3.40. The summed E-state index contributed by atoms with van der Waals surface area (Å²) in [6.45, 7) is 0.577. The second-order valence-electron chi connectivity index (χ2n) is 4.75. The fourth-order valence-corrected chi connectivity index (χ4v) is 2.83. The highest BCUT2D eigenvalue weighted by atomic mass is 79.9. The fraction of sp³-hybridized carbons (Fsp3) is 0.538. The lowest BCUT2D eigenvalue weighted by atomic mass is 9.97. The molecule has 1 aromatic carbocycles. The van der Waals surface area contributed by atoms with E-state index in [1.165, 1.54) is 23.1 Å². The summed E-state index contributed by atoms with van der Waals surface area (Å²) in [5.74, 6) is -4.11. The first-order valence-corrected chi connectivity index (χ1v) is 7.14. The van der Waals surface area contributed by atoms with Gasteiger partial charge in [-0.3, -0.25) is 4.90 Å². The van der Waals surface area contributed by atoms with Gasteiger partial charge in [0.15, 0.2) is 0 Å². The summed E-state index contributed by atoms with van der Waals surface area (Å²) in [7, 11) is 0. The first-order valence-electron chi connectivity index (χ1n) is 6.34. The Morgan fingerprint density at radius 3 is 2.52 bits per heavy atom. The topological polar surface area (TPSA) is 35.5 Å². The quantitative estimate of drug-likeness (QED) is 0.831. The first-order chi connectivity index (χ1) is 9.47. The van der Waals surface area contributed by atoms with E-state index in [4.69, 9.17) is 5.11 Å². The van der Waals surface area contributed by atoms with Crippen molar-refractivity contribution in [2.45, 2.75) is 12.0 Å². The molecule has 1 heterocycles. The summed E-state index contributed by atoms with van der Waals surface area (Å²) in [5.41, 5.74) is -0.0969. The summed E-state index contributed by atoms with van der Waals surface area (Å²) in [6, 6.07) is 2.86. The van der Waals surface area contributed by atoms with Crippen LogP contribution in [0.1, 0.15) is 11.6 Å². The Kier molecular flexibility index (Phi) is 6.93. The van der Waals surface area contributed by atoms with Crippen LogP contribution in [0.15, 0.2) is 22.7 Å². The number of nitrogens with one attached hydrogen (secondary N) is 1.